The van der Waals surface area contributed by atoms with Crippen LogP contribution in [0.2, 0.25) is 0 Å². The van der Waals surface area contributed by atoms with E-state index in [4.69, 9.17) is 14.7 Å². The van der Waals surface area contributed by atoms with Crippen LogP contribution in [0, 0.1) is 6.92 Å². The standard InChI is InChI=1S/C15H25N3O/c1-6-12-13(15(3,4)5)16-11(2)17-14(12)18-7-9-19-10-8-18/h6-10H2,1-5H3. The molecule has 2 heterocycles. The van der Waals surface area contributed by atoms with Crippen LogP contribution in [0.4, 0.5) is 5.82 Å². The number of nitrogens with zero attached hydrogens (tertiary/aromatic N) is 3. The van der Waals surface area contributed by atoms with Gasteiger partial charge in [-0.1, -0.05) is 27.7 Å². The van der Waals surface area contributed by atoms with Crippen molar-refractivity contribution >= 4 is 5.82 Å². The quantitative estimate of drug-likeness (QED) is 0.821. The predicted molar refractivity (Wildman–Crippen MR) is 77.9 cm³/mol. The maximum absolute atomic E-state index is 5.44. The summed E-state index contributed by atoms with van der Waals surface area (Å²) >= 11 is 0. The van der Waals surface area contributed by atoms with Crippen molar-refractivity contribution in [3.05, 3.63) is 17.1 Å². The van der Waals surface area contributed by atoms with E-state index in [1.807, 2.05) is 6.92 Å². The van der Waals surface area contributed by atoms with Crippen molar-refractivity contribution in [3.8, 4) is 0 Å². The van der Waals surface area contributed by atoms with Crippen LogP contribution >= 0.6 is 0 Å². The second kappa shape index (κ2) is 5.45. The van der Waals surface area contributed by atoms with E-state index in [0.29, 0.717) is 0 Å². The monoisotopic (exact) mass is 263 g/mol. The Bertz CT molecular complexity index is 445. The third-order valence-electron chi connectivity index (χ3n) is 3.47. The summed E-state index contributed by atoms with van der Waals surface area (Å²) < 4.78 is 5.44. The first-order valence-electron chi connectivity index (χ1n) is 7.14. The highest BCUT2D eigenvalue weighted by Gasteiger charge is 2.25. The topological polar surface area (TPSA) is 38.2 Å². The van der Waals surface area contributed by atoms with Crippen molar-refractivity contribution in [3.63, 3.8) is 0 Å². The normalized spacial score (nSPS) is 16.8. The average molecular weight is 263 g/mol. The molecule has 4 heteroatoms. The first-order chi connectivity index (χ1) is 8.93. The Morgan fingerprint density at radius 1 is 1.16 bits per heavy atom. The van der Waals surface area contributed by atoms with Gasteiger partial charge in [0.1, 0.15) is 11.6 Å². The molecule has 0 N–H and O–H groups in total. The van der Waals surface area contributed by atoms with Gasteiger partial charge in [0.2, 0.25) is 0 Å². The molecule has 4 nitrogen and oxygen atoms in total. The fraction of sp³-hybridized carbons (Fsp3) is 0.733. The van der Waals surface area contributed by atoms with E-state index < -0.39 is 0 Å². The lowest BCUT2D eigenvalue weighted by atomic mass is 9.87. The first-order valence-corrected chi connectivity index (χ1v) is 7.14. The summed E-state index contributed by atoms with van der Waals surface area (Å²) in [6.07, 6.45) is 0.972. The minimum Gasteiger partial charge on any atom is -0.378 e. The first kappa shape index (κ1) is 14.3. The summed E-state index contributed by atoms with van der Waals surface area (Å²) in [4.78, 5) is 11.7. The van der Waals surface area contributed by atoms with E-state index in [2.05, 4.69) is 32.6 Å². The second-order valence-corrected chi connectivity index (χ2v) is 6.12. The minimum absolute atomic E-state index is 0.0556. The van der Waals surface area contributed by atoms with Crippen molar-refractivity contribution in [1.82, 2.24) is 9.97 Å². The molecule has 0 aromatic carbocycles. The molecular weight excluding hydrogens is 238 g/mol. The molecule has 0 saturated carbocycles. The van der Waals surface area contributed by atoms with E-state index in [-0.39, 0.29) is 5.41 Å². The largest absolute Gasteiger partial charge is 0.378 e. The second-order valence-electron chi connectivity index (χ2n) is 6.12. The SMILES string of the molecule is CCc1c(N2CCOCC2)nc(C)nc1C(C)(C)C. The average Bonchev–Trinajstić information content (AvgIpc) is 2.37. The summed E-state index contributed by atoms with van der Waals surface area (Å²) in [6.45, 7) is 14.3. The molecular formula is C15H25N3O. The minimum atomic E-state index is 0.0556. The third-order valence-corrected chi connectivity index (χ3v) is 3.47. The Kier molecular flexibility index (Phi) is 4.09. The lowest BCUT2D eigenvalue weighted by molar-refractivity contribution is 0.122. The Morgan fingerprint density at radius 3 is 2.32 bits per heavy atom. The molecule has 1 aliphatic rings. The number of hydrogen-bond donors (Lipinski definition) is 0. The summed E-state index contributed by atoms with van der Waals surface area (Å²) in [5.41, 5.74) is 2.53. The van der Waals surface area contributed by atoms with Crippen molar-refractivity contribution in [2.75, 3.05) is 31.2 Å². The predicted octanol–water partition coefficient (Wildman–Crippen LogP) is 2.48. The van der Waals surface area contributed by atoms with Crippen molar-refractivity contribution in [1.29, 1.82) is 0 Å². The van der Waals surface area contributed by atoms with Gasteiger partial charge in [0.25, 0.3) is 0 Å². The highest BCUT2D eigenvalue weighted by atomic mass is 16.5. The molecule has 106 valence electrons. The van der Waals surface area contributed by atoms with E-state index in [1.54, 1.807) is 0 Å². The number of aromatic nitrogens is 2. The maximum Gasteiger partial charge on any atom is 0.135 e. The van der Waals surface area contributed by atoms with Gasteiger partial charge in [-0.15, -0.1) is 0 Å². The molecule has 1 aromatic rings. The number of hydrogen-bond acceptors (Lipinski definition) is 4. The van der Waals surface area contributed by atoms with E-state index >= 15 is 0 Å². The van der Waals surface area contributed by atoms with Gasteiger partial charge in [0.15, 0.2) is 0 Å². The van der Waals surface area contributed by atoms with Crippen molar-refractivity contribution < 1.29 is 4.74 Å². The molecule has 0 spiro atoms. The Morgan fingerprint density at radius 2 is 1.79 bits per heavy atom. The van der Waals surface area contributed by atoms with Gasteiger partial charge < -0.3 is 9.64 Å². The van der Waals surface area contributed by atoms with Crippen LogP contribution in [0.1, 0.15) is 44.8 Å². The fourth-order valence-electron chi connectivity index (χ4n) is 2.56. The van der Waals surface area contributed by atoms with E-state index in [0.717, 1.165) is 44.4 Å². The van der Waals surface area contributed by atoms with Crippen molar-refractivity contribution in [2.24, 2.45) is 0 Å². The Labute approximate surface area is 116 Å². The highest BCUT2D eigenvalue weighted by Crippen LogP contribution is 2.30. The molecule has 19 heavy (non-hydrogen) atoms. The summed E-state index contributed by atoms with van der Waals surface area (Å²) in [7, 11) is 0. The van der Waals surface area contributed by atoms with Crippen LogP contribution in [0.5, 0.6) is 0 Å². The van der Waals surface area contributed by atoms with Crippen LogP contribution in [0.3, 0.4) is 0 Å². The van der Waals surface area contributed by atoms with Gasteiger partial charge >= 0.3 is 0 Å². The Balaban J connectivity index is 2.50. The van der Waals surface area contributed by atoms with Gasteiger partial charge in [-0.2, -0.15) is 0 Å². The molecule has 0 amide bonds. The molecule has 0 atom stereocenters. The van der Waals surface area contributed by atoms with Gasteiger partial charge in [-0.05, 0) is 13.3 Å². The van der Waals surface area contributed by atoms with Crippen LogP contribution in [-0.4, -0.2) is 36.3 Å². The number of ether oxygens (including phenoxy) is 1. The number of morpholine rings is 1. The lowest BCUT2D eigenvalue weighted by Crippen LogP contribution is -2.38. The van der Waals surface area contributed by atoms with Gasteiger partial charge in [-0.25, -0.2) is 9.97 Å². The molecule has 1 aliphatic heterocycles. The smallest absolute Gasteiger partial charge is 0.135 e. The Hall–Kier alpha value is -1.16. The number of rotatable bonds is 2. The summed E-state index contributed by atoms with van der Waals surface area (Å²) in [5, 5.41) is 0. The zero-order valence-electron chi connectivity index (χ0n) is 12.8. The van der Waals surface area contributed by atoms with Crippen LogP contribution in [-0.2, 0) is 16.6 Å². The molecule has 0 bridgehead atoms. The van der Waals surface area contributed by atoms with Crippen LogP contribution in [0.25, 0.3) is 0 Å². The number of anilines is 1. The summed E-state index contributed by atoms with van der Waals surface area (Å²) in [6, 6.07) is 0. The molecule has 0 aliphatic carbocycles. The van der Waals surface area contributed by atoms with Crippen LogP contribution in [0.15, 0.2) is 0 Å². The molecule has 1 saturated heterocycles. The molecule has 0 unspecified atom stereocenters. The zero-order valence-corrected chi connectivity index (χ0v) is 12.8. The lowest BCUT2D eigenvalue weighted by Gasteiger charge is -2.32. The van der Waals surface area contributed by atoms with E-state index in [9.17, 15) is 0 Å². The van der Waals surface area contributed by atoms with Gasteiger partial charge in [0.05, 0.1) is 18.9 Å². The molecule has 1 fully saturated rings. The molecule has 2 rings (SSSR count). The van der Waals surface area contributed by atoms with Gasteiger partial charge in [-0.3, -0.25) is 0 Å². The summed E-state index contributed by atoms with van der Waals surface area (Å²) in [5.74, 6) is 1.98. The maximum atomic E-state index is 5.44. The zero-order chi connectivity index (χ0) is 14.0. The highest BCUT2D eigenvalue weighted by molar-refractivity contribution is 5.51. The molecule has 1 aromatic heterocycles. The third kappa shape index (κ3) is 3.06. The van der Waals surface area contributed by atoms with Crippen molar-refractivity contribution in [2.45, 2.75) is 46.5 Å². The fourth-order valence-corrected chi connectivity index (χ4v) is 2.56. The van der Waals surface area contributed by atoms with Gasteiger partial charge in [0, 0.05) is 24.1 Å². The molecule has 0 radical (unpaired) electrons. The van der Waals surface area contributed by atoms with E-state index in [1.165, 1.54) is 11.3 Å². The number of aryl methyl sites for hydroxylation is 1. The van der Waals surface area contributed by atoms with Crippen LogP contribution < -0.4 is 4.90 Å².